The predicted octanol–water partition coefficient (Wildman–Crippen LogP) is 1.63. The van der Waals surface area contributed by atoms with Gasteiger partial charge in [0.05, 0.1) is 11.4 Å². The van der Waals surface area contributed by atoms with E-state index in [9.17, 15) is 0 Å². The van der Waals surface area contributed by atoms with Crippen molar-refractivity contribution >= 4 is 11.5 Å². The molecular formula is C15H27N5. The summed E-state index contributed by atoms with van der Waals surface area (Å²) in [5, 5.41) is 4.63. The maximum absolute atomic E-state index is 6.37. The fraction of sp³-hybridized carbons (Fsp3) is 0.800. The molecule has 0 spiro atoms. The monoisotopic (exact) mass is 277 g/mol. The number of hydrogen-bond donors (Lipinski definition) is 1. The Morgan fingerprint density at radius 3 is 2.85 bits per heavy atom. The summed E-state index contributed by atoms with van der Waals surface area (Å²) < 4.78 is 1.99. The molecule has 0 saturated carbocycles. The normalized spacial score (nSPS) is 23.9. The molecule has 5 heteroatoms. The van der Waals surface area contributed by atoms with Crippen LogP contribution in [0.15, 0.2) is 0 Å². The molecule has 0 bridgehead atoms. The number of nitrogens with two attached hydrogens (primary N) is 1. The highest BCUT2D eigenvalue weighted by atomic mass is 15.4. The van der Waals surface area contributed by atoms with Crippen molar-refractivity contribution in [3.8, 4) is 0 Å². The van der Waals surface area contributed by atoms with E-state index in [0.29, 0.717) is 6.04 Å². The van der Waals surface area contributed by atoms with Gasteiger partial charge in [-0.2, -0.15) is 5.10 Å². The van der Waals surface area contributed by atoms with Gasteiger partial charge < -0.3 is 10.6 Å². The van der Waals surface area contributed by atoms with Crippen LogP contribution in [0, 0.1) is 0 Å². The standard InChI is InChI=1S/C15H27N5/c1-3-6-13-14(16)15(18(2)17-13)20-10-5-9-19-8-4-7-12(19)11-20/h12H,3-11,16H2,1-2H3. The lowest BCUT2D eigenvalue weighted by molar-refractivity contribution is 0.273. The van der Waals surface area contributed by atoms with Crippen LogP contribution in [0.1, 0.15) is 38.3 Å². The molecule has 0 aromatic carbocycles. The van der Waals surface area contributed by atoms with E-state index in [4.69, 9.17) is 5.73 Å². The Labute approximate surface area is 121 Å². The summed E-state index contributed by atoms with van der Waals surface area (Å²) in [4.78, 5) is 5.12. The van der Waals surface area contributed by atoms with Crippen molar-refractivity contribution in [2.24, 2.45) is 7.05 Å². The third-order valence-electron chi connectivity index (χ3n) is 4.72. The van der Waals surface area contributed by atoms with E-state index < -0.39 is 0 Å². The number of fused-ring (bicyclic) bond motifs is 1. The summed E-state index contributed by atoms with van der Waals surface area (Å²) in [6, 6.07) is 0.710. The molecule has 5 nitrogen and oxygen atoms in total. The summed E-state index contributed by atoms with van der Waals surface area (Å²) in [5.74, 6) is 1.14. The van der Waals surface area contributed by atoms with Gasteiger partial charge in [-0.25, -0.2) is 0 Å². The van der Waals surface area contributed by atoms with Gasteiger partial charge >= 0.3 is 0 Å². The van der Waals surface area contributed by atoms with E-state index in [0.717, 1.165) is 43.1 Å². The minimum absolute atomic E-state index is 0.710. The van der Waals surface area contributed by atoms with Gasteiger partial charge in [-0.1, -0.05) is 13.3 Å². The summed E-state index contributed by atoms with van der Waals surface area (Å²) >= 11 is 0. The molecule has 3 rings (SSSR count). The maximum atomic E-state index is 6.37. The molecule has 20 heavy (non-hydrogen) atoms. The van der Waals surface area contributed by atoms with Crippen molar-refractivity contribution in [3.63, 3.8) is 0 Å². The average molecular weight is 277 g/mol. The lowest BCUT2D eigenvalue weighted by Crippen LogP contribution is -2.37. The summed E-state index contributed by atoms with van der Waals surface area (Å²) in [5.41, 5.74) is 8.34. The number of nitrogens with zero attached hydrogens (tertiary/aromatic N) is 4. The molecule has 1 aromatic heterocycles. The van der Waals surface area contributed by atoms with E-state index in [1.807, 2.05) is 11.7 Å². The van der Waals surface area contributed by atoms with Crippen molar-refractivity contribution in [1.29, 1.82) is 0 Å². The Morgan fingerprint density at radius 1 is 1.25 bits per heavy atom. The zero-order valence-corrected chi connectivity index (χ0v) is 12.8. The van der Waals surface area contributed by atoms with E-state index in [2.05, 4.69) is 21.8 Å². The predicted molar refractivity (Wildman–Crippen MR) is 83.0 cm³/mol. The van der Waals surface area contributed by atoms with Crippen LogP contribution in [0.2, 0.25) is 0 Å². The topological polar surface area (TPSA) is 50.3 Å². The van der Waals surface area contributed by atoms with Gasteiger partial charge in [0.15, 0.2) is 0 Å². The van der Waals surface area contributed by atoms with E-state index in [-0.39, 0.29) is 0 Å². The van der Waals surface area contributed by atoms with Crippen molar-refractivity contribution < 1.29 is 0 Å². The molecule has 2 fully saturated rings. The Morgan fingerprint density at radius 2 is 2.05 bits per heavy atom. The summed E-state index contributed by atoms with van der Waals surface area (Å²) in [6.07, 6.45) is 5.97. The van der Waals surface area contributed by atoms with Crippen molar-refractivity contribution in [2.75, 3.05) is 36.8 Å². The maximum Gasteiger partial charge on any atom is 0.150 e. The zero-order chi connectivity index (χ0) is 14.1. The molecule has 3 heterocycles. The second kappa shape index (κ2) is 5.64. The van der Waals surface area contributed by atoms with Crippen LogP contribution in [0.3, 0.4) is 0 Å². The first-order chi connectivity index (χ1) is 9.70. The second-order valence-corrected chi connectivity index (χ2v) is 6.19. The Balaban J connectivity index is 1.84. The Bertz CT molecular complexity index is 467. The molecule has 1 atom stereocenters. The molecule has 2 N–H and O–H groups in total. The molecule has 0 radical (unpaired) electrons. The quantitative estimate of drug-likeness (QED) is 0.912. The van der Waals surface area contributed by atoms with Gasteiger partial charge in [0.2, 0.25) is 0 Å². The minimum atomic E-state index is 0.710. The molecule has 1 unspecified atom stereocenters. The van der Waals surface area contributed by atoms with Crippen LogP contribution in [-0.4, -0.2) is 46.9 Å². The number of rotatable bonds is 3. The fourth-order valence-corrected chi connectivity index (χ4v) is 3.78. The third kappa shape index (κ3) is 2.39. The van der Waals surface area contributed by atoms with E-state index in [1.165, 1.54) is 32.4 Å². The van der Waals surface area contributed by atoms with Gasteiger partial charge in [-0.15, -0.1) is 0 Å². The van der Waals surface area contributed by atoms with Crippen LogP contribution in [0.5, 0.6) is 0 Å². The third-order valence-corrected chi connectivity index (χ3v) is 4.72. The van der Waals surface area contributed by atoms with Crippen LogP contribution >= 0.6 is 0 Å². The van der Waals surface area contributed by atoms with E-state index in [1.54, 1.807) is 0 Å². The SMILES string of the molecule is CCCc1nn(C)c(N2CCCN3CCCC3C2)c1N. The highest BCUT2D eigenvalue weighted by Crippen LogP contribution is 2.30. The Kier molecular flexibility index (Phi) is 3.87. The first kappa shape index (κ1) is 13.7. The van der Waals surface area contributed by atoms with Crippen LogP contribution in [-0.2, 0) is 13.5 Å². The molecule has 0 amide bonds. The first-order valence-corrected chi connectivity index (χ1v) is 8.01. The van der Waals surface area contributed by atoms with Crippen molar-refractivity contribution in [2.45, 2.75) is 45.1 Å². The minimum Gasteiger partial charge on any atom is -0.394 e. The van der Waals surface area contributed by atoms with Gasteiger partial charge in [0.25, 0.3) is 0 Å². The van der Waals surface area contributed by atoms with Gasteiger partial charge in [0.1, 0.15) is 5.82 Å². The summed E-state index contributed by atoms with van der Waals surface area (Å²) in [7, 11) is 2.03. The van der Waals surface area contributed by atoms with Gasteiger partial charge in [-0.05, 0) is 32.2 Å². The number of nitrogen functional groups attached to an aromatic ring is 1. The highest BCUT2D eigenvalue weighted by molar-refractivity contribution is 5.66. The van der Waals surface area contributed by atoms with Crippen LogP contribution < -0.4 is 10.6 Å². The molecular weight excluding hydrogens is 250 g/mol. The highest BCUT2D eigenvalue weighted by Gasteiger charge is 2.30. The number of aryl methyl sites for hydroxylation is 2. The fourth-order valence-electron chi connectivity index (χ4n) is 3.78. The molecule has 2 saturated heterocycles. The summed E-state index contributed by atoms with van der Waals surface area (Å²) in [6.45, 7) is 6.90. The number of aromatic nitrogens is 2. The van der Waals surface area contributed by atoms with Crippen molar-refractivity contribution in [3.05, 3.63) is 5.69 Å². The van der Waals surface area contributed by atoms with E-state index >= 15 is 0 Å². The zero-order valence-electron chi connectivity index (χ0n) is 12.8. The molecule has 1 aromatic rings. The second-order valence-electron chi connectivity index (χ2n) is 6.19. The largest absolute Gasteiger partial charge is 0.394 e. The lowest BCUT2D eigenvalue weighted by atomic mass is 10.2. The number of hydrogen-bond acceptors (Lipinski definition) is 4. The van der Waals surface area contributed by atoms with Crippen LogP contribution in [0.25, 0.3) is 0 Å². The smallest absolute Gasteiger partial charge is 0.150 e. The van der Waals surface area contributed by atoms with Gasteiger partial charge in [0, 0.05) is 32.7 Å². The molecule has 2 aliphatic rings. The van der Waals surface area contributed by atoms with Gasteiger partial charge in [-0.3, -0.25) is 9.58 Å². The molecule has 0 aliphatic carbocycles. The first-order valence-electron chi connectivity index (χ1n) is 8.01. The molecule has 2 aliphatic heterocycles. The lowest BCUT2D eigenvalue weighted by Gasteiger charge is -2.27. The number of anilines is 2. The Hall–Kier alpha value is -1.23. The average Bonchev–Trinajstić information content (AvgIpc) is 2.89. The van der Waals surface area contributed by atoms with Crippen LogP contribution in [0.4, 0.5) is 11.5 Å². The molecule has 112 valence electrons. The van der Waals surface area contributed by atoms with Crippen molar-refractivity contribution in [1.82, 2.24) is 14.7 Å².